The summed E-state index contributed by atoms with van der Waals surface area (Å²) in [5.74, 6) is 5.17. The molecular formula is C11H17N5O4S. The first kappa shape index (κ1) is 15.6. The molecule has 0 saturated carbocycles. The van der Waals surface area contributed by atoms with Crippen LogP contribution in [0.3, 0.4) is 0 Å². The predicted molar refractivity (Wildman–Crippen MR) is 76.7 cm³/mol. The Balaban J connectivity index is 2.27. The molecule has 2 rings (SSSR count). The number of nitrogen functional groups attached to an aromatic ring is 1. The maximum atomic E-state index is 12.2. The number of nitro benzene ring substituents is 1. The van der Waals surface area contributed by atoms with Crippen LogP contribution in [0.15, 0.2) is 23.1 Å². The standard InChI is InChI=1S/C11H17N5O4S/c12-13-10-5-4-9(8-11(10)16(17)18)21(19,20)14-15-6-2-1-3-7-15/h4-5,8,13-14H,1-3,6-7,12H2. The van der Waals surface area contributed by atoms with Crippen LogP contribution in [0.2, 0.25) is 0 Å². The highest BCUT2D eigenvalue weighted by molar-refractivity contribution is 7.89. The van der Waals surface area contributed by atoms with Crippen molar-refractivity contribution < 1.29 is 13.3 Å². The van der Waals surface area contributed by atoms with Gasteiger partial charge in [0, 0.05) is 19.2 Å². The van der Waals surface area contributed by atoms with E-state index in [0.29, 0.717) is 13.1 Å². The van der Waals surface area contributed by atoms with Crippen molar-refractivity contribution in [3.8, 4) is 0 Å². The normalized spacial score (nSPS) is 16.6. The maximum absolute atomic E-state index is 12.2. The number of piperidine rings is 1. The van der Waals surface area contributed by atoms with Crippen molar-refractivity contribution in [2.45, 2.75) is 24.2 Å². The van der Waals surface area contributed by atoms with E-state index in [0.717, 1.165) is 25.3 Å². The minimum absolute atomic E-state index is 0.0527. The topological polar surface area (TPSA) is 131 Å². The first-order valence-corrected chi connectivity index (χ1v) is 7.95. The molecule has 1 aliphatic rings. The molecule has 0 aliphatic carbocycles. The number of sulfonamides is 1. The van der Waals surface area contributed by atoms with E-state index < -0.39 is 14.9 Å². The molecular weight excluding hydrogens is 298 g/mol. The molecule has 9 nitrogen and oxygen atoms in total. The van der Waals surface area contributed by atoms with E-state index in [4.69, 9.17) is 5.84 Å². The first-order valence-electron chi connectivity index (χ1n) is 6.46. The molecule has 1 aromatic rings. The lowest BCUT2D eigenvalue weighted by atomic mass is 10.2. The quantitative estimate of drug-likeness (QED) is 0.411. The second kappa shape index (κ2) is 6.35. The summed E-state index contributed by atoms with van der Waals surface area (Å²) in [6.45, 7) is 1.26. The van der Waals surface area contributed by atoms with Crippen LogP contribution in [0, 0.1) is 10.1 Å². The lowest BCUT2D eigenvalue weighted by Gasteiger charge is -2.26. The van der Waals surface area contributed by atoms with Crippen LogP contribution in [0.5, 0.6) is 0 Å². The van der Waals surface area contributed by atoms with Crippen molar-refractivity contribution in [2.24, 2.45) is 5.84 Å². The molecule has 21 heavy (non-hydrogen) atoms. The second-order valence-electron chi connectivity index (χ2n) is 4.72. The molecule has 1 saturated heterocycles. The lowest BCUT2D eigenvalue weighted by molar-refractivity contribution is -0.384. The number of hydrogen-bond acceptors (Lipinski definition) is 7. The zero-order valence-corrected chi connectivity index (χ0v) is 12.1. The molecule has 0 bridgehead atoms. The molecule has 10 heteroatoms. The Morgan fingerprint density at radius 1 is 1.24 bits per heavy atom. The highest BCUT2D eigenvalue weighted by Crippen LogP contribution is 2.26. The van der Waals surface area contributed by atoms with Crippen LogP contribution in [0.4, 0.5) is 11.4 Å². The van der Waals surface area contributed by atoms with Crippen LogP contribution in [-0.2, 0) is 10.0 Å². The zero-order chi connectivity index (χ0) is 15.5. The SMILES string of the molecule is NNc1ccc(S(=O)(=O)NN2CCCCC2)cc1[N+](=O)[O-]. The van der Waals surface area contributed by atoms with Gasteiger partial charge in [-0.15, -0.1) is 4.83 Å². The highest BCUT2D eigenvalue weighted by atomic mass is 32.2. The van der Waals surface area contributed by atoms with Gasteiger partial charge in [-0.05, 0) is 25.0 Å². The highest BCUT2D eigenvalue weighted by Gasteiger charge is 2.23. The van der Waals surface area contributed by atoms with Crippen molar-refractivity contribution in [1.82, 2.24) is 9.84 Å². The Morgan fingerprint density at radius 3 is 2.48 bits per heavy atom. The van der Waals surface area contributed by atoms with E-state index in [1.807, 2.05) is 0 Å². The molecule has 0 spiro atoms. The number of nitrogens with one attached hydrogen (secondary N) is 2. The molecule has 1 fully saturated rings. The molecule has 116 valence electrons. The van der Waals surface area contributed by atoms with Gasteiger partial charge in [-0.1, -0.05) is 6.42 Å². The maximum Gasteiger partial charge on any atom is 0.294 e. The summed E-state index contributed by atoms with van der Waals surface area (Å²) in [5, 5.41) is 12.5. The van der Waals surface area contributed by atoms with Gasteiger partial charge >= 0.3 is 0 Å². The van der Waals surface area contributed by atoms with Gasteiger partial charge < -0.3 is 5.43 Å². The Bertz CT molecular complexity index is 628. The zero-order valence-electron chi connectivity index (χ0n) is 11.3. The second-order valence-corrected chi connectivity index (χ2v) is 6.38. The number of nitrogens with two attached hydrogens (primary N) is 1. The van der Waals surface area contributed by atoms with Crippen molar-refractivity contribution >= 4 is 21.4 Å². The number of nitro groups is 1. The molecule has 0 unspecified atom stereocenters. The molecule has 0 amide bonds. The number of anilines is 1. The van der Waals surface area contributed by atoms with Gasteiger partial charge in [0.15, 0.2) is 0 Å². The Hall–Kier alpha value is -1.75. The van der Waals surface area contributed by atoms with Crippen molar-refractivity contribution in [1.29, 1.82) is 0 Å². The Labute approximate surface area is 122 Å². The summed E-state index contributed by atoms with van der Waals surface area (Å²) in [6, 6.07) is 3.53. The van der Waals surface area contributed by atoms with Crippen LogP contribution in [0.25, 0.3) is 0 Å². The molecule has 1 aromatic carbocycles. The Morgan fingerprint density at radius 2 is 1.90 bits per heavy atom. The summed E-state index contributed by atoms with van der Waals surface area (Å²) in [7, 11) is -3.84. The minimum Gasteiger partial charge on any atom is -0.318 e. The largest absolute Gasteiger partial charge is 0.318 e. The van der Waals surface area contributed by atoms with E-state index >= 15 is 0 Å². The van der Waals surface area contributed by atoms with E-state index in [1.165, 1.54) is 12.1 Å². The van der Waals surface area contributed by atoms with Gasteiger partial charge in [0.05, 0.1) is 9.82 Å². The predicted octanol–water partition coefficient (Wildman–Crippen LogP) is 0.560. The van der Waals surface area contributed by atoms with E-state index in [1.54, 1.807) is 5.01 Å². The summed E-state index contributed by atoms with van der Waals surface area (Å²) in [4.78, 5) is 12.5. The lowest BCUT2D eigenvalue weighted by Crippen LogP contribution is -2.44. The van der Waals surface area contributed by atoms with Crippen molar-refractivity contribution in [3.63, 3.8) is 0 Å². The van der Waals surface area contributed by atoms with Gasteiger partial charge in [-0.25, -0.2) is 13.4 Å². The van der Waals surface area contributed by atoms with Crippen LogP contribution >= 0.6 is 0 Å². The average molecular weight is 315 g/mol. The van der Waals surface area contributed by atoms with Crippen LogP contribution in [0.1, 0.15) is 19.3 Å². The first-order chi connectivity index (χ1) is 9.94. The van der Waals surface area contributed by atoms with E-state index in [9.17, 15) is 18.5 Å². The van der Waals surface area contributed by atoms with Gasteiger partial charge in [-0.3, -0.25) is 16.0 Å². The average Bonchev–Trinajstić information content (AvgIpc) is 2.47. The molecule has 1 aliphatic heterocycles. The van der Waals surface area contributed by atoms with Crippen molar-refractivity contribution in [2.75, 3.05) is 18.5 Å². The van der Waals surface area contributed by atoms with Crippen LogP contribution in [-0.4, -0.2) is 31.4 Å². The number of nitrogens with zero attached hydrogens (tertiary/aromatic N) is 2. The smallest absolute Gasteiger partial charge is 0.294 e. The third-order valence-corrected chi connectivity index (χ3v) is 4.61. The summed E-state index contributed by atoms with van der Waals surface area (Å²) in [5.41, 5.74) is 1.83. The Kier molecular flexibility index (Phi) is 4.73. The molecule has 0 atom stereocenters. The minimum atomic E-state index is -3.84. The summed E-state index contributed by atoms with van der Waals surface area (Å²) in [6.07, 6.45) is 2.90. The fraction of sp³-hybridized carbons (Fsp3) is 0.455. The van der Waals surface area contributed by atoms with Crippen LogP contribution < -0.4 is 16.1 Å². The molecule has 0 aromatic heterocycles. The fourth-order valence-corrected chi connectivity index (χ4v) is 3.30. The molecule has 4 N–H and O–H groups in total. The number of hydrazine groups is 2. The number of hydrogen-bond donors (Lipinski definition) is 3. The third-order valence-electron chi connectivity index (χ3n) is 3.24. The molecule has 0 radical (unpaired) electrons. The summed E-state index contributed by atoms with van der Waals surface area (Å²) >= 11 is 0. The van der Waals surface area contributed by atoms with Crippen molar-refractivity contribution in [3.05, 3.63) is 28.3 Å². The van der Waals surface area contributed by atoms with Gasteiger partial charge in [0.2, 0.25) is 0 Å². The van der Waals surface area contributed by atoms with Gasteiger partial charge in [-0.2, -0.15) is 0 Å². The van der Waals surface area contributed by atoms with E-state index in [-0.39, 0.29) is 16.3 Å². The molecule has 1 heterocycles. The van der Waals surface area contributed by atoms with Gasteiger partial charge in [0.1, 0.15) is 5.69 Å². The number of benzene rings is 1. The number of rotatable bonds is 5. The van der Waals surface area contributed by atoms with Gasteiger partial charge in [0.25, 0.3) is 15.7 Å². The third kappa shape index (κ3) is 3.67. The summed E-state index contributed by atoms with van der Waals surface area (Å²) < 4.78 is 24.5. The monoisotopic (exact) mass is 315 g/mol. The fourth-order valence-electron chi connectivity index (χ4n) is 2.16. The van der Waals surface area contributed by atoms with E-state index in [2.05, 4.69) is 10.3 Å².